The second-order valence-corrected chi connectivity index (χ2v) is 8.14. The molecule has 10 nitrogen and oxygen atoms in total. The van der Waals surface area contributed by atoms with Crippen LogP contribution in [-0.4, -0.2) is 42.6 Å². The van der Waals surface area contributed by atoms with E-state index in [1.165, 1.54) is 26.4 Å². The van der Waals surface area contributed by atoms with Crippen molar-refractivity contribution in [1.29, 1.82) is 0 Å². The van der Waals surface area contributed by atoms with Crippen molar-refractivity contribution < 1.29 is 33.1 Å². The van der Waals surface area contributed by atoms with Gasteiger partial charge in [-0.3, -0.25) is 14.9 Å². The number of fused-ring (bicyclic) bond motifs is 1. The number of methoxy groups -OCH3 is 2. The van der Waals surface area contributed by atoms with E-state index in [1.807, 2.05) is 28.8 Å². The lowest BCUT2D eigenvalue weighted by Crippen LogP contribution is -2.54. The summed E-state index contributed by atoms with van der Waals surface area (Å²) in [6.07, 6.45) is 3.23. The first kappa shape index (κ1) is 23.6. The predicted molar refractivity (Wildman–Crippen MR) is 133 cm³/mol. The van der Waals surface area contributed by atoms with Gasteiger partial charge in [0.15, 0.2) is 0 Å². The number of rotatable bonds is 6. The van der Waals surface area contributed by atoms with Gasteiger partial charge in [0.2, 0.25) is 5.76 Å². The molecule has 1 aliphatic heterocycles. The number of para-hydroxylation sites is 1. The maximum atomic E-state index is 13.3. The van der Waals surface area contributed by atoms with Crippen molar-refractivity contribution in [1.82, 2.24) is 9.88 Å². The van der Waals surface area contributed by atoms with E-state index in [4.69, 9.17) is 9.15 Å². The predicted octanol–water partition coefficient (Wildman–Crippen LogP) is 3.74. The zero-order valence-corrected chi connectivity index (χ0v) is 19.9. The highest BCUT2D eigenvalue weighted by Crippen LogP contribution is 2.28. The number of hydrogen-bond acceptors (Lipinski definition) is 7. The topological polar surface area (TPSA) is 120 Å². The Morgan fingerprint density at radius 1 is 1.00 bits per heavy atom. The summed E-state index contributed by atoms with van der Waals surface area (Å²) >= 11 is 0. The first-order valence-electron chi connectivity index (χ1n) is 11.2. The van der Waals surface area contributed by atoms with E-state index >= 15 is 0 Å². The van der Waals surface area contributed by atoms with Gasteiger partial charge >= 0.3 is 12.0 Å². The highest BCUT2D eigenvalue weighted by Gasteiger charge is 2.37. The smallest absolute Gasteiger partial charge is 0.373 e. The molecule has 4 amide bonds. The van der Waals surface area contributed by atoms with Crippen molar-refractivity contribution in [3.8, 4) is 5.75 Å². The van der Waals surface area contributed by atoms with Crippen LogP contribution in [0.2, 0.25) is 0 Å². The Balaban J connectivity index is 1.51. The summed E-state index contributed by atoms with van der Waals surface area (Å²) in [5, 5.41) is 3.01. The second-order valence-electron chi connectivity index (χ2n) is 8.14. The Bertz CT molecular complexity index is 1580. The van der Waals surface area contributed by atoms with Gasteiger partial charge in [0, 0.05) is 22.7 Å². The third kappa shape index (κ3) is 4.36. The van der Waals surface area contributed by atoms with Gasteiger partial charge in [0.1, 0.15) is 17.1 Å². The van der Waals surface area contributed by atoms with Crippen LogP contribution in [0.4, 0.5) is 10.5 Å². The van der Waals surface area contributed by atoms with Crippen LogP contribution in [-0.2, 0) is 20.9 Å². The number of imide groups is 2. The fourth-order valence-corrected chi connectivity index (χ4v) is 4.14. The molecule has 4 aromatic rings. The molecule has 37 heavy (non-hydrogen) atoms. The largest absolute Gasteiger partial charge is 0.497 e. The zero-order chi connectivity index (χ0) is 26.1. The summed E-state index contributed by atoms with van der Waals surface area (Å²) < 4.78 is 17.3. The lowest BCUT2D eigenvalue weighted by atomic mass is 10.1. The number of urea groups is 1. The molecule has 0 aliphatic carbocycles. The summed E-state index contributed by atoms with van der Waals surface area (Å²) in [7, 11) is 2.78. The van der Waals surface area contributed by atoms with Crippen molar-refractivity contribution in [2.45, 2.75) is 6.54 Å². The number of nitrogens with one attached hydrogen (secondary N) is 1. The Morgan fingerprint density at radius 2 is 1.76 bits per heavy atom. The first-order valence-corrected chi connectivity index (χ1v) is 11.2. The third-order valence-electron chi connectivity index (χ3n) is 5.93. The van der Waals surface area contributed by atoms with E-state index < -0.39 is 23.8 Å². The van der Waals surface area contributed by atoms with E-state index in [-0.39, 0.29) is 17.9 Å². The zero-order valence-electron chi connectivity index (χ0n) is 19.9. The minimum Gasteiger partial charge on any atom is -0.497 e. The molecular weight excluding hydrogens is 478 g/mol. The van der Waals surface area contributed by atoms with Crippen LogP contribution in [0.5, 0.6) is 5.75 Å². The Hall–Kier alpha value is -5.12. The fourth-order valence-electron chi connectivity index (χ4n) is 4.14. The molecule has 0 unspecified atom stereocenters. The number of amides is 4. The Labute approximate surface area is 210 Å². The third-order valence-corrected chi connectivity index (χ3v) is 5.93. The molecular formula is C27H21N3O7. The molecule has 0 atom stereocenters. The molecule has 0 radical (unpaired) electrons. The quantitative estimate of drug-likeness (QED) is 0.244. The summed E-state index contributed by atoms with van der Waals surface area (Å²) in [6, 6.07) is 16.2. The SMILES string of the molecule is COC(=O)c1ccc(Cn2cc(/C=C3\C(=O)NC(=O)N(c4ccc(OC)cc4)C3=O)c3ccccc32)o1. The van der Waals surface area contributed by atoms with Crippen molar-refractivity contribution in [3.05, 3.63) is 89.5 Å². The summed E-state index contributed by atoms with van der Waals surface area (Å²) in [6.45, 7) is 0.289. The summed E-state index contributed by atoms with van der Waals surface area (Å²) in [4.78, 5) is 51.2. The van der Waals surface area contributed by atoms with Crippen LogP contribution < -0.4 is 15.0 Å². The van der Waals surface area contributed by atoms with Gasteiger partial charge in [0.25, 0.3) is 11.8 Å². The number of furan rings is 1. The molecule has 186 valence electrons. The van der Waals surface area contributed by atoms with Crippen molar-refractivity contribution >= 4 is 46.5 Å². The molecule has 0 saturated carbocycles. The van der Waals surface area contributed by atoms with Crippen LogP contribution in [0.1, 0.15) is 21.9 Å². The van der Waals surface area contributed by atoms with E-state index in [0.717, 1.165) is 15.8 Å². The van der Waals surface area contributed by atoms with Crippen LogP contribution in [0, 0.1) is 0 Å². The molecule has 1 N–H and O–H groups in total. The highest BCUT2D eigenvalue weighted by atomic mass is 16.5. The summed E-state index contributed by atoms with van der Waals surface area (Å²) in [5.74, 6) is -0.947. The van der Waals surface area contributed by atoms with Gasteiger partial charge in [-0.1, -0.05) is 18.2 Å². The van der Waals surface area contributed by atoms with Gasteiger partial charge in [-0.05, 0) is 48.5 Å². The van der Waals surface area contributed by atoms with Gasteiger partial charge in [-0.25, -0.2) is 14.5 Å². The molecule has 1 saturated heterocycles. The number of barbiturate groups is 1. The maximum absolute atomic E-state index is 13.3. The number of carbonyl (C=O) groups excluding carboxylic acids is 4. The number of carbonyl (C=O) groups is 4. The van der Waals surface area contributed by atoms with Crippen LogP contribution in [0.15, 0.2) is 76.9 Å². The molecule has 1 fully saturated rings. The van der Waals surface area contributed by atoms with Crippen molar-refractivity contribution in [2.24, 2.45) is 0 Å². The van der Waals surface area contributed by atoms with Gasteiger partial charge < -0.3 is 18.5 Å². The van der Waals surface area contributed by atoms with Crippen molar-refractivity contribution in [2.75, 3.05) is 19.1 Å². The lowest BCUT2D eigenvalue weighted by Gasteiger charge is -2.26. The maximum Gasteiger partial charge on any atom is 0.373 e. The number of ether oxygens (including phenoxy) is 2. The lowest BCUT2D eigenvalue weighted by molar-refractivity contribution is -0.122. The summed E-state index contributed by atoms with van der Waals surface area (Å²) in [5.41, 5.74) is 1.52. The number of benzene rings is 2. The number of anilines is 1. The van der Waals surface area contributed by atoms with Gasteiger partial charge in [0.05, 0.1) is 26.5 Å². The van der Waals surface area contributed by atoms with Gasteiger partial charge in [-0.15, -0.1) is 0 Å². The molecule has 5 rings (SSSR count). The van der Waals surface area contributed by atoms with E-state index in [9.17, 15) is 19.2 Å². The van der Waals surface area contributed by atoms with Crippen LogP contribution in [0.25, 0.3) is 17.0 Å². The monoisotopic (exact) mass is 499 g/mol. The average Bonchev–Trinajstić information content (AvgIpc) is 3.51. The van der Waals surface area contributed by atoms with E-state index in [1.54, 1.807) is 36.5 Å². The Morgan fingerprint density at radius 3 is 2.49 bits per heavy atom. The number of nitrogens with zero attached hydrogens (tertiary/aromatic N) is 2. The number of hydrogen-bond donors (Lipinski definition) is 1. The number of aromatic nitrogens is 1. The second kappa shape index (κ2) is 9.50. The Kier molecular flexibility index (Phi) is 6.06. The molecule has 3 heterocycles. The molecule has 0 spiro atoms. The van der Waals surface area contributed by atoms with Crippen LogP contribution >= 0.6 is 0 Å². The van der Waals surface area contributed by atoms with Crippen molar-refractivity contribution in [3.63, 3.8) is 0 Å². The first-order chi connectivity index (χ1) is 17.9. The van der Waals surface area contributed by atoms with Gasteiger partial charge in [-0.2, -0.15) is 0 Å². The minimum absolute atomic E-state index is 0.0871. The molecule has 2 aromatic heterocycles. The average molecular weight is 499 g/mol. The highest BCUT2D eigenvalue weighted by molar-refractivity contribution is 6.39. The molecule has 0 bridgehead atoms. The van der Waals surface area contributed by atoms with E-state index in [2.05, 4.69) is 10.1 Å². The normalized spacial score (nSPS) is 14.8. The number of esters is 1. The minimum atomic E-state index is -0.834. The standard InChI is InChI=1S/C27H21N3O7/c1-35-18-9-7-17(8-10-18)30-25(32)21(24(31)28-27(30)34)13-16-14-29(22-6-4-3-5-20(16)22)15-19-11-12-23(37-19)26(33)36-2/h3-14H,15H2,1-2H3,(H,28,31,34)/b21-13+. The van der Waals surface area contributed by atoms with E-state index in [0.29, 0.717) is 22.8 Å². The van der Waals surface area contributed by atoms with Crippen LogP contribution in [0.3, 0.4) is 0 Å². The fraction of sp³-hybridized carbons (Fsp3) is 0.111. The molecule has 10 heteroatoms. The molecule has 1 aliphatic rings. The molecule has 2 aromatic carbocycles.